The fourth-order valence-corrected chi connectivity index (χ4v) is 0.557. The summed E-state index contributed by atoms with van der Waals surface area (Å²) in [6.07, 6.45) is -1.31. The Bertz CT molecular complexity index is 225. The summed E-state index contributed by atoms with van der Waals surface area (Å²) in [4.78, 5) is 3.44. The summed E-state index contributed by atoms with van der Waals surface area (Å²) in [5, 5.41) is 0. The average Bonchev–Trinajstić information content (AvgIpc) is 1.88. The molecule has 0 saturated heterocycles. The first-order valence-corrected chi connectivity index (χ1v) is 2.61. The molecule has 0 unspecified atom stereocenters. The second kappa shape index (κ2) is 2.60. The maximum absolute atomic E-state index is 11.9. The van der Waals surface area contributed by atoms with Gasteiger partial charge in [-0.2, -0.15) is 0 Å². The fourth-order valence-electron chi connectivity index (χ4n) is 0.557. The molecule has 4 heteroatoms. The number of aromatic nitrogens is 1. The molecule has 0 amide bonds. The molecule has 53 valence electrons. The SMILES string of the molecule is Nc1nc[c]cc1C(F)F. The van der Waals surface area contributed by atoms with Gasteiger partial charge in [0.05, 0.1) is 5.56 Å². The number of pyridine rings is 1. The number of hydrogen-bond acceptors (Lipinski definition) is 2. The van der Waals surface area contributed by atoms with Crippen LogP contribution in [0.5, 0.6) is 0 Å². The minimum absolute atomic E-state index is 0.131. The maximum atomic E-state index is 11.9. The van der Waals surface area contributed by atoms with Crippen LogP contribution in [0.15, 0.2) is 12.3 Å². The van der Waals surface area contributed by atoms with Crippen molar-refractivity contribution in [3.63, 3.8) is 0 Å². The molecule has 0 aliphatic carbocycles. The van der Waals surface area contributed by atoms with Crippen LogP contribution in [-0.2, 0) is 0 Å². The van der Waals surface area contributed by atoms with E-state index in [4.69, 9.17) is 5.73 Å². The highest BCUT2D eigenvalue weighted by molar-refractivity contribution is 5.38. The summed E-state index contributed by atoms with van der Waals surface area (Å²) in [5.74, 6) is -0.131. The molecule has 2 nitrogen and oxygen atoms in total. The third-order valence-corrected chi connectivity index (χ3v) is 1.05. The molecule has 10 heavy (non-hydrogen) atoms. The summed E-state index contributed by atoms with van der Waals surface area (Å²) in [6.45, 7) is 0. The van der Waals surface area contributed by atoms with Crippen molar-refractivity contribution in [2.24, 2.45) is 0 Å². The quantitative estimate of drug-likeness (QED) is 0.645. The Kier molecular flexibility index (Phi) is 1.80. The third-order valence-electron chi connectivity index (χ3n) is 1.05. The molecule has 0 aliphatic heterocycles. The Morgan fingerprint density at radius 1 is 1.60 bits per heavy atom. The predicted octanol–water partition coefficient (Wildman–Crippen LogP) is 1.40. The van der Waals surface area contributed by atoms with Crippen molar-refractivity contribution in [2.45, 2.75) is 6.43 Å². The molecule has 0 aliphatic rings. The van der Waals surface area contributed by atoms with Crippen LogP contribution in [0.25, 0.3) is 0 Å². The second-order valence-electron chi connectivity index (χ2n) is 1.71. The minimum Gasteiger partial charge on any atom is -0.383 e. The summed E-state index contributed by atoms with van der Waals surface area (Å²) in [5.41, 5.74) is 4.85. The van der Waals surface area contributed by atoms with Crippen molar-refractivity contribution in [3.05, 3.63) is 23.9 Å². The summed E-state index contributed by atoms with van der Waals surface area (Å²) in [7, 11) is 0. The van der Waals surface area contributed by atoms with Crippen LogP contribution >= 0.6 is 0 Å². The van der Waals surface area contributed by atoms with E-state index >= 15 is 0 Å². The fraction of sp³-hybridized carbons (Fsp3) is 0.167. The number of anilines is 1. The van der Waals surface area contributed by atoms with Crippen molar-refractivity contribution < 1.29 is 8.78 Å². The highest BCUT2D eigenvalue weighted by atomic mass is 19.3. The number of nitrogens with zero attached hydrogens (tertiary/aromatic N) is 1. The molecule has 1 rings (SSSR count). The van der Waals surface area contributed by atoms with Gasteiger partial charge in [0, 0.05) is 12.3 Å². The molecule has 0 bridgehead atoms. The lowest BCUT2D eigenvalue weighted by Gasteiger charge is -1.99. The lowest BCUT2D eigenvalue weighted by molar-refractivity contribution is 0.152. The lowest BCUT2D eigenvalue weighted by Crippen LogP contribution is -1.96. The first-order chi connectivity index (χ1) is 4.72. The Labute approximate surface area is 56.7 Å². The van der Waals surface area contributed by atoms with E-state index in [-0.39, 0.29) is 11.4 Å². The van der Waals surface area contributed by atoms with E-state index in [0.29, 0.717) is 0 Å². The van der Waals surface area contributed by atoms with E-state index in [1.54, 1.807) is 0 Å². The van der Waals surface area contributed by atoms with Crippen LogP contribution in [0.4, 0.5) is 14.6 Å². The van der Waals surface area contributed by atoms with Crippen LogP contribution in [0.1, 0.15) is 12.0 Å². The largest absolute Gasteiger partial charge is 0.383 e. The van der Waals surface area contributed by atoms with Gasteiger partial charge in [-0.1, -0.05) is 0 Å². The molecule has 2 N–H and O–H groups in total. The number of nitrogen functional groups attached to an aromatic ring is 1. The number of alkyl halides is 2. The third kappa shape index (κ3) is 1.21. The molecule has 1 aromatic rings. The standard InChI is InChI=1S/C6H5F2N2/c7-5(8)4-2-1-3-10-6(4)9/h2-3,5H,(H2,9,10). The predicted molar refractivity (Wildman–Crippen MR) is 32.4 cm³/mol. The van der Waals surface area contributed by atoms with E-state index < -0.39 is 6.43 Å². The first-order valence-electron chi connectivity index (χ1n) is 2.61. The molecule has 0 fully saturated rings. The van der Waals surface area contributed by atoms with Crippen molar-refractivity contribution in [1.29, 1.82) is 0 Å². The van der Waals surface area contributed by atoms with Gasteiger partial charge in [0.25, 0.3) is 6.43 Å². The second-order valence-corrected chi connectivity index (χ2v) is 1.71. The zero-order chi connectivity index (χ0) is 7.56. The molecule has 1 radical (unpaired) electrons. The van der Waals surface area contributed by atoms with Crippen LogP contribution < -0.4 is 5.73 Å². The average molecular weight is 143 g/mol. The topological polar surface area (TPSA) is 38.9 Å². The van der Waals surface area contributed by atoms with E-state index in [1.807, 2.05) is 0 Å². The van der Waals surface area contributed by atoms with Gasteiger partial charge in [-0.05, 0) is 6.07 Å². The number of hydrogen-bond donors (Lipinski definition) is 1. The van der Waals surface area contributed by atoms with Gasteiger partial charge in [-0.25, -0.2) is 13.8 Å². The highest BCUT2D eigenvalue weighted by Gasteiger charge is 2.09. The van der Waals surface area contributed by atoms with Gasteiger partial charge in [0.1, 0.15) is 5.82 Å². The zero-order valence-electron chi connectivity index (χ0n) is 5.01. The van der Waals surface area contributed by atoms with Crippen molar-refractivity contribution in [2.75, 3.05) is 5.73 Å². The molecular weight excluding hydrogens is 138 g/mol. The van der Waals surface area contributed by atoms with Gasteiger partial charge < -0.3 is 5.73 Å². The number of halogens is 2. The van der Waals surface area contributed by atoms with Gasteiger partial charge in [-0.3, -0.25) is 0 Å². The van der Waals surface area contributed by atoms with Crippen LogP contribution in [0.2, 0.25) is 0 Å². The Morgan fingerprint density at radius 2 is 2.30 bits per heavy atom. The molecule has 1 aromatic heterocycles. The number of rotatable bonds is 1. The summed E-state index contributed by atoms with van der Waals surface area (Å²) >= 11 is 0. The van der Waals surface area contributed by atoms with Crippen molar-refractivity contribution in [1.82, 2.24) is 4.98 Å². The maximum Gasteiger partial charge on any atom is 0.267 e. The normalized spacial score (nSPS) is 10.3. The zero-order valence-corrected chi connectivity index (χ0v) is 5.01. The Balaban J connectivity index is 3.03. The van der Waals surface area contributed by atoms with E-state index in [2.05, 4.69) is 11.1 Å². The highest BCUT2D eigenvalue weighted by Crippen LogP contribution is 2.21. The summed E-state index contributed by atoms with van der Waals surface area (Å²) < 4.78 is 23.8. The van der Waals surface area contributed by atoms with Crippen molar-refractivity contribution in [3.8, 4) is 0 Å². The number of nitrogens with two attached hydrogens (primary N) is 1. The molecule has 1 heterocycles. The van der Waals surface area contributed by atoms with Crippen LogP contribution in [-0.4, -0.2) is 4.98 Å². The van der Waals surface area contributed by atoms with E-state index in [0.717, 1.165) is 6.07 Å². The molecular formula is C6H5F2N2. The van der Waals surface area contributed by atoms with Crippen LogP contribution in [0, 0.1) is 6.07 Å². The smallest absolute Gasteiger partial charge is 0.267 e. The van der Waals surface area contributed by atoms with Crippen LogP contribution in [0.3, 0.4) is 0 Å². The van der Waals surface area contributed by atoms with Gasteiger partial charge in [0.2, 0.25) is 0 Å². The molecule has 0 atom stereocenters. The molecule has 0 saturated carbocycles. The minimum atomic E-state index is -2.56. The first kappa shape index (κ1) is 6.92. The Morgan fingerprint density at radius 3 is 2.70 bits per heavy atom. The molecule has 0 spiro atoms. The summed E-state index contributed by atoms with van der Waals surface area (Å²) in [6, 6.07) is 3.54. The lowest BCUT2D eigenvalue weighted by atomic mass is 10.3. The Hall–Kier alpha value is -1.19. The van der Waals surface area contributed by atoms with Crippen molar-refractivity contribution >= 4 is 5.82 Å². The van der Waals surface area contributed by atoms with Gasteiger partial charge in [0.15, 0.2) is 0 Å². The van der Waals surface area contributed by atoms with E-state index in [9.17, 15) is 8.78 Å². The van der Waals surface area contributed by atoms with Gasteiger partial charge in [-0.15, -0.1) is 0 Å². The van der Waals surface area contributed by atoms with Gasteiger partial charge >= 0.3 is 0 Å². The van der Waals surface area contributed by atoms with E-state index in [1.165, 1.54) is 6.20 Å². The molecule has 0 aromatic carbocycles. The monoisotopic (exact) mass is 143 g/mol.